The molecule has 0 aromatic carbocycles. The summed E-state index contributed by atoms with van der Waals surface area (Å²) in [4.78, 5) is 13.0. The SMILES string of the molecule is CCCCCCCCCCCCCCCCOCC1=C[C@@]2(C)C(=CC1=O)CC[C@H]1[C@@H]3CC[C@H](CC)[C@@]3(C)CC[C@@H]12. The Morgan fingerprint density at radius 3 is 2.02 bits per heavy atom. The van der Waals surface area contributed by atoms with Crippen LogP contribution < -0.4 is 0 Å². The van der Waals surface area contributed by atoms with Crippen molar-refractivity contribution in [1.29, 1.82) is 0 Å². The van der Waals surface area contributed by atoms with Crippen molar-refractivity contribution in [2.45, 2.75) is 163 Å². The van der Waals surface area contributed by atoms with E-state index in [1.165, 1.54) is 128 Å². The van der Waals surface area contributed by atoms with Crippen LogP contribution in [0.2, 0.25) is 0 Å². The van der Waals surface area contributed by atoms with Gasteiger partial charge < -0.3 is 4.74 Å². The number of carbonyl (C=O) groups excluding carboxylic acids is 1. The van der Waals surface area contributed by atoms with Crippen LogP contribution >= 0.6 is 0 Å². The molecule has 0 bridgehead atoms. The zero-order valence-corrected chi connectivity index (χ0v) is 27.0. The third-order valence-corrected chi connectivity index (χ3v) is 12.3. The summed E-state index contributed by atoms with van der Waals surface area (Å²) in [6, 6.07) is 0. The molecule has 3 saturated carbocycles. The van der Waals surface area contributed by atoms with Crippen LogP contribution in [0.15, 0.2) is 23.3 Å². The second-order valence-electron chi connectivity index (χ2n) is 14.8. The number of fused-ring (bicyclic) bond motifs is 5. The summed E-state index contributed by atoms with van der Waals surface area (Å²) in [6.07, 6.45) is 33.1. The number of rotatable bonds is 18. The maximum absolute atomic E-state index is 13.0. The predicted octanol–water partition coefficient (Wildman–Crippen LogP) is 11.2. The maximum atomic E-state index is 13.0. The minimum absolute atomic E-state index is 0.0657. The summed E-state index contributed by atoms with van der Waals surface area (Å²) in [5.74, 6) is 3.57. The van der Waals surface area contributed by atoms with Crippen LogP contribution in [0.5, 0.6) is 0 Å². The topological polar surface area (TPSA) is 26.3 Å². The number of hydrogen-bond donors (Lipinski definition) is 0. The Labute approximate surface area is 248 Å². The predicted molar refractivity (Wildman–Crippen MR) is 170 cm³/mol. The Hall–Kier alpha value is -0.890. The number of carbonyl (C=O) groups is 1. The molecule has 0 amide bonds. The van der Waals surface area contributed by atoms with Gasteiger partial charge >= 0.3 is 0 Å². The lowest BCUT2D eigenvalue weighted by molar-refractivity contribution is -0.112. The molecule has 0 N–H and O–H groups in total. The van der Waals surface area contributed by atoms with Crippen LogP contribution in [0.4, 0.5) is 0 Å². The highest BCUT2D eigenvalue weighted by atomic mass is 16.5. The Kier molecular flexibility index (Phi) is 12.4. The van der Waals surface area contributed by atoms with Gasteiger partial charge in [0.1, 0.15) is 0 Å². The smallest absolute Gasteiger partial charge is 0.183 e. The molecule has 2 heteroatoms. The van der Waals surface area contributed by atoms with Gasteiger partial charge in [0.15, 0.2) is 5.78 Å². The zero-order valence-electron chi connectivity index (χ0n) is 27.0. The molecule has 0 aromatic rings. The molecule has 4 rings (SSSR count). The Balaban J connectivity index is 1.13. The summed E-state index contributed by atoms with van der Waals surface area (Å²) >= 11 is 0. The lowest BCUT2D eigenvalue weighted by Crippen LogP contribution is -2.49. The van der Waals surface area contributed by atoms with E-state index in [-0.39, 0.29) is 11.2 Å². The first-order chi connectivity index (χ1) is 19.4. The lowest BCUT2D eigenvalue weighted by atomic mass is 9.47. The van der Waals surface area contributed by atoms with Gasteiger partial charge in [-0.3, -0.25) is 4.79 Å². The molecule has 0 radical (unpaired) electrons. The minimum Gasteiger partial charge on any atom is -0.377 e. The molecule has 0 spiro atoms. The number of ketones is 1. The van der Waals surface area contributed by atoms with Crippen molar-refractivity contribution >= 4 is 5.78 Å². The van der Waals surface area contributed by atoms with Crippen molar-refractivity contribution < 1.29 is 9.53 Å². The van der Waals surface area contributed by atoms with Gasteiger partial charge in [-0.2, -0.15) is 0 Å². The highest BCUT2D eigenvalue weighted by Crippen LogP contribution is 2.66. The summed E-state index contributed by atoms with van der Waals surface area (Å²) in [5.41, 5.74) is 2.98. The standard InChI is InChI=1S/C38H64O2/c1-5-7-8-9-10-11-12-13-14-15-16-17-18-19-26-40-29-30-28-38(4)32(27-36(30)39)20-22-33-34-23-21-31(6-2)37(34,3)25-24-35(33)38/h27-28,31,33-35H,5-26,29H2,1-4H3/t31-,33-,34-,35-,37+,38-/m0/s1. The Morgan fingerprint density at radius 2 is 1.40 bits per heavy atom. The van der Waals surface area contributed by atoms with Gasteiger partial charge in [-0.1, -0.05) is 129 Å². The van der Waals surface area contributed by atoms with E-state index in [1.54, 1.807) is 0 Å². The average molecular weight is 553 g/mol. The summed E-state index contributed by atoms with van der Waals surface area (Å²) < 4.78 is 6.11. The van der Waals surface area contributed by atoms with Gasteiger partial charge in [0.2, 0.25) is 0 Å². The summed E-state index contributed by atoms with van der Waals surface area (Å²) in [7, 11) is 0. The van der Waals surface area contributed by atoms with E-state index in [2.05, 4.69) is 33.8 Å². The van der Waals surface area contributed by atoms with Crippen molar-refractivity contribution in [2.75, 3.05) is 13.2 Å². The largest absolute Gasteiger partial charge is 0.377 e. The van der Waals surface area contributed by atoms with Crippen molar-refractivity contribution in [1.82, 2.24) is 0 Å². The first kappa shape index (κ1) is 32.0. The molecule has 3 fully saturated rings. The third-order valence-electron chi connectivity index (χ3n) is 12.3. The van der Waals surface area contributed by atoms with Crippen LogP contribution in [-0.2, 0) is 9.53 Å². The molecule has 6 atom stereocenters. The first-order valence-corrected chi connectivity index (χ1v) is 18.0. The van der Waals surface area contributed by atoms with Gasteiger partial charge in [0.05, 0.1) is 6.61 Å². The van der Waals surface area contributed by atoms with E-state index < -0.39 is 0 Å². The number of hydrogen-bond acceptors (Lipinski definition) is 2. The average Bonchev–Trinajstić information content (AvgIpc) is 3.29. The van der Waals surface area contributed by atoms with Gasteiger partial charge in [-0.25, -0.2) is 0 Å². The van der Waals surface area contributed by atoms with Crippen LogP contribution in [0, 0.1) is 34.5 Å². The molecule has 4 aliphatic rings. The Morgan fingerprint density at radius 1 is 0.775 bits per heavy atom. The van der Waals surface area contributed by atoms with Crippen LogP contribution in [0.1, 0.15) is 163 Å². The molecule has 0 saturated heterocycles. The van der Waals surface area contributed by atoms with Crippen molar-refractivity contribution in [2.24, 2.45) is 34.5 Å². The van der Waals surface area contributed by atoms with Gasteiger partial charge in [-0.05, 0) is 80.1 Å². The van der Waals surface area contributed by atoms with E-state index in [4.69, 9.17) is 4.74 Å². The van der Waals surface area contributed by atoms with E-state index in [0.29, 0.717) is 17.9 Å². The van der Waals surface area contributed by atoms with Crippen molar-refractivity contribution in [3.63, 3.8) is 0 Å². The summed E-state index contributed by atoms with van der Waals surface area (Å²) in [6.45, 7) is 11.1. The zero-order chi connectivity index (χ0) is 28.4. The maximum Gasteiger partial charge on any atom is 0.183 e. The fourth-order valence-corrected chi connectivity index (χ4v) is 9.85. The molecule has 2 nitrogen and oxygen atoms in total. The monoisotopic (exact) mass is 552 g/mol. The molecular weight excluding hydrogens is 488 g/mol. The van der Waals surface area contributed by atoms with Crippen molar-refractivity contribution in [3.05, 3.63) is 23.3 Å². The molecule has 4 aliphatic carbocycles. The van der Waals surface area contributed by atoms with Crippen LogP contribution in [0.25, 0.3) is 0 Å². The molecule has 0 unspecified atom stereocenters. The lowest BCUT2D eigenvalue weighted by Gasteiger charge is -2.57. The minimum atomic E-state index is 0.0657. The molecule has 0 aromatic heterocycles. The third kappa shape index (κ3) is 7.54. The molecule has 0 heterocycles. The van der Waals surface area contributed by atoms with Gasteiger partial charge in [-0.15, -0.1) is 0 Å². The number of ether oxygens (including phenoxy) is 1. The fraction of sp³-hybridized carbons (Fsp3) is 0.868. The summed E-state index contributed by atoms with van der Waals surface area (Å²) in [5, 5.41) is 0. The number of unbranched alkanes of at least 4 members (excludes halogenated alkanes) is 13. The fourth-order valence-electron chi connectivity index (χ4n) is 9.85. The van der Waals surface area contributed by atoms with Crippen LogP contribution in [-0.4, -0.2) is 19.0 Å². The Bertz CT molecular complexity index is 854. The van der Waals surface area contributed by atoms with E-state index >= 15 is 0 Å². The highest BCUT2D eigenvalue weighted by Gasteiger charge is 2.58. The first-order valence-electron chi connectivity index (χ1n) is 18.0. The second-order valence-corrected chi connectivity index (χ2v) is 14.8. The van der Waals surface area contributed by atoms with E-state index in [9.17, 15) is 4.79 Å². The molecule has 40 heavy (non-hydrogen) atoms. The van der Waals surface area contributed by atoms with Crippen molar-refractivity contribution in [3.8, 4) is 0 Å². The van der Waals surface area contributed by atoms with Gasteiger partial charge in [0.25, 0.3) is 0 Å². The van der Waals surface area contributed by atoms with Crippen LogP contribution in [0.3, 0.4) is 0 Å². The molecular formula is C38H64O2. The quantitative estimate of drug-likeness (QED) is 0.158. The van der Waals surface area contributed by atoms with E-state index in [1.807, 2.05) is 6.08 Å². The second kappa shape index (κ2) is 15.5. The molecule has 228 valence electrons. The van der Waals surface area contributed by atoms with Gasteiger partial charge in [0, 0.05) is 17.6 Å². The normalized spacial score (nSPS) is 33.2. The molecule has 0 aliphatic heterocycles. The number of allylic oxidation sites excluding steroid dienone is 3. The highest BCUT2D eigenvalue weighted by molar-refractivity contribution is 6.06. The van der Waals surface area contributed by atoms with E-state index in [0.717, 1.165) is 42.8 Å².